The Balaban J connectivity index is 1.71. The summed E-state index contributed by atoms with van der Waals surface area (Å²) in [5.74, 6) is -3.36. The van der Waals surface area contributed by atoms with Crippen LogP contribution in [0.15, 0.2) is 53.4 Å². The van der Waals surface area contributed by atoms with E-state index in [0.717, 1.165) is 57.1 Å². The number of ether oxygens (including phenoxy) is 1. The molecule has 7 nitrogen and oxygen atoms in total. The molecule has 1 aliphatic heterocycles. The Kier molecular flexibility index (Phi) is 8.51. The Labute approximate surface area is 197 Å². The topological polar surface area (TPSA) is 92.8 Å². The van der Waals surface area contributed by atoms with E-state index >= 15 is 0 Å². The minimum Gasteiger partial charge on any atom is -0.467 e. The van der Waals surface area contributed by atoms with E-state index in [2.05, 4.69) is 10.1 Å². The molecule has 1 atom stereocenters. The smallest absolute Gasteiger partial charge is 0.333 e. The van der Waals surface area contributed by atoms with Crippen LogP contribution >= 0.6 is 0 Å². The highest BCUT2D eigenvalue weighted by molar-refractivity contribution is 7.89. The van der Waals surface area contributed by atoms with Gasteiger partial charge in [-0.3, -0.25) is 4.79 Å². The van der Waals surface area contributed by atoms with Crippen LogP contribution in [0.2, 0.25) is 0 Å². The summed E-state index contributed by atoms with van der Waals surface area (Å²) >= 11 is 0. The molecule has 0 aliphatic carbocycles. The van der Waals surface area contributed by atoms with Gasteiger partial charge in [-0.15, -0.1) is 0 Å². The summed E-state index contributed by atoms with van der Waals surface area (Å²) in [4.78, 5) is 24.6. The largest absolute Gasteiger partial charge is 0.467 e. The summed E-state index contributed by atoms with van der Waals surface area (Å²) in [7, 11) is -2.52. The zero-order valence-corrected chi connectivity index (χ0v) is 19.5. The number of nitrogens with one attached hydrogen (secondary N) is 1. The maximum absolute atomic E-state index is 14.1. The number of hydrogen-bond acceptors (Lipinski definition) is 5. The van der Waals surface area contributed by atoms with Gasteiger partial charge in [0.25, 0.3) is 0 Å². The van der Waals surface area contributed by atoms with Crippen molar-refractivity contribution in [3.8, 4) is 0 Å². The van der Waals surface area contributed by atoms with Gasteiger partial charge < -0.3 is 10.1 Å². The van der Waals surface area contributed by atoms with E-state index in [1.807, 2.05) is 0 Å². The van der Waals surface area contributed by atoms with Gasteiger partial charge in [-0.25, -0.2) is 22.0 Å². The monoisotopic (exact) mass is 492 g/mol. The third-order valence-electron chi connectivity index (χ3n) is 5.50. The second-order valence-electron chi connectivity index (χ2n) is 7.85. The molecular weight excluding hydrogens is 466 g/mol. The van der Waals surface area contributed by atoms with Crippen LogP contribution in [-0.4, -0.2) is 44.8 Å². The van der Waals surface area contributed by atoms with Gasteiger partial charge in [0.15, 0.2) is 6.04 Å². The molecule has 3 rings (SSSR count). The van der Waals surface area contributed by atoms with Crippen LogP contribution in [0.5, 0.6) is 0 Å². The Bertz CT molecular complexity index is 1160. The standard InChI is InChI=1S/C24H26F2N2O5S/c1-33-24(30)23(20-16-18(25)9-12-21(20)26)27-22(29)13-8-17-6-10-19(11-7-17)34(31,32)28-14-4-2-3-5-15-28/h6-13,16,23H,2-5,14-15H2,1H3,(H,27,29)/b13-8+/t23-/m0/s1. The molecule has 0 aromatic heterocycles. The summed E-state index contributed by atoms with van der Waals surface area (Å²) in [5, 5.41) is 2.30. The average Bonchev–Trinajstić information content (AvgIpc) is 3.13. The van der Waals surface area contributed by atoms with Crippen LogP contribution in [0.25, 0.3) is 6.08 Å². The van der Waals surface area contributed by atoms with Gasteiger partial charge in [0.1, 0.15) is 11.6 Å². The lowest BCUT2D eigenvalue weighted by Gasteiger charge is -2.19. The van der Waals surface area contributed by atoms with E-state index in [-0.39, 0.29) is 10.5 Å². The fourth-order valence-corrected chi connectivity index (χ4v) is 5.18. The average molecular weight is 493 g/mol. The SMILES string of the molecule is COC(=O)[C@@H](NC(=O)/C=C/c1ccc(S(=O)(=O)N2CCCCCC2)cc1)c1cc(F)ccc1F. The second-order valence-corrected chi connectivity index (χ2v) is 9.79. The zero-order chi connectivity index (χ0) is 24.7. The van der Waals surface area contributed by atoms with Crippen molar-refractivity contribution in [2.75, 3.05) is 20.2 Å². The first kappa shape index (κ1) is 25.5. The van der Waals surface area contributed by atoms with Crippen molar-refractivity contribution in [1.29, 1.82) is 0 Å². The van der Waals surface area contributed by atoms with Crippen molar-refractivity contribution in [2.45, 2.75) is 36.6 Å². The number of carbonyl (C=O) groups is 2. The molecule has 0 spiro atoms. The molecule has 0 saturated carbocycles. The Morgan fingerprint density at radius 3 is 2.29 bits per heavy atom. The number of esters is 1. The summed E-state index contributed by atoms with van der Waals surface area (Å²) < 4.78 is 59.5. The lowest BCUT2D eigenvalue weighted by Crippen LogP contribution is -2.34. The number of methoxy groups -OCH3 is 1. The third-order valence-corrected chi connectivity index (χ3v) is 7.42. The second kappa shape index (κ2) is 11.3. The van der Waals surface area contributed by atoms with Crippen molar-refractivity contribution in [2.24, 2.45) is 0 Å². The first-order chi connectivity index (χ1) is 16.2. The maximum Gasteiger partial charge on any atom is 0.333 e. The van der Waals surface area contributed by atoms with Gasteiger partial charge >= 0.3 is 5.97 Å². The van der Waals surface area contributed by atoms with Gasteiger partial charge in [-0.05, 0) is 54.8 Å². The van der Waals surface area contributed by atoms with Gasteiger partial charge in [0.2, 0.25) is 15.9 Å². The molecule has 0 unspecified atom stereocenters. The number of carbonyl (C=O) groups excluding carboxylic acids is 2. The minimum absolute atomic E-state index is 0.170. The molecule has 1 amide bonds. The number of hydrogen-bond donors (Lipinski definition) is 1. The highest BCUT2D eigenvalue weighted by Crippen LogP contribution is 2.22. The lowest BCUT2D eigenvalue weighted by molar-refractivity contribution is -0.144. The Morgan fingerprint density at radius 2 is 1.68 bits per heavy atom. The normalized spacial score (nSPS) is 16.1. The van der Waals surface area contributed by atoms with Crippen molar-refractivity contribution < 1.29 is 31.5 Å². The first-order valence-electron chi connectivity index (χ1n) is 10.8. The van der Waals surface area contributed by atoms with Crippen LogP contribution in [0.1, 0.15) is 42.9 Å². The number of benzene rings is 2. The van der Waals surface area contributed by atoms with E-state index in [9.17, 15) is 26.8 Å². The molecule has 1 heterocycles. The van der Waals surface area contributed by atoms with E-state index in [1.165, 1.54) is 22.5 Å². The summed E-state index contributed by atoms with van der Waals surface area (Å²) in [6.07, 6.45) is 6.21. The van der Waals surface area contributed by atoms with Crippen LogP contribution in [0.3, 0.4) is 0 Å². The molecule has 1 aliphatic rings. The number of amides is 1. The van der Waals surface area contributed by atoms with E-state index < -0.39 is 39.6 Å². The van der Waals surface area contributed by atoms with E-state index in [0.29, 0.717) is 18.7 Å². The quantitative estimate of drug-likeness (QED) is 0.471. The first-order valence-corrected chi connectivity index (χ1v) is 12.3. The molecule has 2 aromatic rings. The molecule has 0 radical (unpaired) electrons. The lowest BCUT2D eigenvalue weighted by atomic mass is 10.1. The van der Waals surface area contributed by atoms with Gasteiger partial charge in [0.05, 0.1) is 12.0 Å². The Hall–Kier alpha value is -3.11. The summed E-state index contributed by atoms with van der Waals surface area (Å²) in [6, 6.07) is 7.06. The number of sulfonamides is 1. The van der Waals surface area contributed by atoms with Gasteiger partial charge in [0, 0.05) is 24.7 Å². The van der Waals surface area contributed by atoms with Crippen LogP contribution in [-0.2, 0) is 24.3 Å². The zero-order valence-electron chi connectivity index (χ0n) is 18.7. The van der Waals surface area contributed by atoms with Crippen molar-refractivity contribution >= 4 is 28.0 Å². The van der Waals surface area contributed by atoms with Crippen LogP contribution < -0.4 is 5.32 Å². The predicted octanol–water partition coefficient (Wildman–Crippen LogP) is 3.57. The third kappa shape index (κ3) is 6.27. The Morgan fingerprint density at radius 1 is 1.03 bits per heavy atom. The molecule has 10 heteroatoms. The van der Waals surface area contributed by atoms with Crippen LogP contribution in [0, 0.1) is 11.6 Å². The summed E-state index contributed by atoms with van der Waals surface area (Å²) in [6.45, 7) is 0.995. The van der Waals surface area contributed by atoms with Gasteiger partial charge in [-0.1, -0.05) is 25.0 Å². The van der Waals surface area contributed by atoms with E-state index in [1.54, 1.807) is 12.1 Å². The molecule has 1 fully saturated rings. The van der Waals surface area contributed by atoms with Gasteiger partial charge in [-0.2, -0.15) is 4.31 Å². The van der Waals surface area contributed by atoms with E-state index in [4.69, 9.17) is 0 Å². The van der Waals surface area contributed by atoms with Crippen molar-refractivity contribution in [1.82, 2.24) is 9.62 Å². The highest BCUT2D eigenvalue weighted by Gasteiger charge is 2.27. The molecule has 1 saturated heterocycles. The molecular formula is C24H26F2N2O5S. The number of halogens is 2. The molecule has 182 valence electrons. The fraction of sp³-hybridized carbons (Fsp3) is 0.333. The molecule has 0 bridgehead atoms. The highest BCUT2D eigenvalue weighted by atomic mass is 32.2. The molecule has 1 N–H and O–H groups in total. The number of rotatable bonds is 7. The molecule has 2 aromatic carbocycles. The summed E-state index contributed by atoms with van der Waals surface area (Å²) in [5.41, 5.74) is 0.174. The van der Waals surface area contributed by atoms with Crippen LogP contribution in [0.4, 0.5) is 8.78 Å². The van der Waals surface area contributed by atoms with Crippen molar-refractivity contribution in [3.63, 3.8) is 0 Å². The minimum atomic E-state index is -3.59. The maximum atomic E-state index is 14.1. The molecule has 34 heavy (non-hydrogen) atoms. The predicted molar refractivity (Wildman–Crippen MR) is 122 cm³/mol. The fourth-order valence-electron chi connectivity index (χ4n) is 3.66. The van der Waals surface area contributed by atoms with Crippen molar-refractivity contribution in [3.05, 3.63) is 71.3 Å². The number of nitrogens with zero attached hydrogens (tertiary/aromatic N) is 1.